The zero-order valence-electron chi connectivity index (χ0n) is 6.11. The molecule has 11 heavy (non-hydrogen) atoms. The van der Waals surface area contributed by atoms with E-state index in [0.29, 0.717) is 0 Å². The van der Waals surface area contributed by atoms with Gasteiger partial charge in [0.15, 0.2) is 0 Å². The lowest BCUT2D eigenvalue weighted by molar-refractivity contribution is 1.05. The Morgan fingerprint density at radius 1 is 1.36 bits per heavy atom. The number of aryl methyl sites for hydroxylation is 1. The Morgan fingerprint density at radius 3 is 3.00 bits per heavy atom. The lowest BCUT2D eigenvalue weighted by Crippen LogP contribution is -1.79. The molecule has 3 nitrogen and oxygen atoms in total. The molecule has 0 amide bonds. The molecule has 0 aliphatic heterocycles. The third-order valence-electron chi connectivity index (χ3n) is 1.59. The van der Waals surface area contributed by atoms with Gasteiger partial charge in [-0.25, -0.2) is 0 Å². The van der Waals surface area contributed by atoms with Gasteiger partial charge < -0.3 is 0 Å². The van der Waals surface area contributed by atoms with Gasteiger partial charge in [-0.2, -0.15) is 14.6 Å². The molecule has 4 heteroatoms. The lowest BCUT2D eigenvalue weighted by atomic mass is 10.3. The molecule has 0 spiro atoms. The van der Waals surface area contributed by atoms with E-state index in [4.69, 9.17) is 0 Å². The molecule has 0 radical (unpaired) electrons. The van der Waals surface area contributed by atoms with E-state index in [1.165, 1.54) is 16.4 Å². The summed E-state index contributed by atoms with van der Waals surface area (Å²) in [5.74, 6) is 0. The summed E-state index contributed by atoms with van der Waals surface area (Å²) in [6, 6.07) is 0. The molecule has 0 aliphatic rings. The van der Waals surface area contributed by atoms with Crippen molar-refractivity contribution in [2.45, 2.75) is 13.3 Å². The minimum atomic E-state index is 0.960. The van der Waals surface area contributed by atoms with Crippen molar-refractivity contribution in [2.75, 3.05) is 0 Å². The predicted molar refractivity (Wildman–Crippen MR) is 44.6 cm³/mol. The number of aromatic nitrogens is 3. The van der Waals surface area contributed by atoms with Crippen LogP contribution < -0.4 is 0 Å². The van der Waals surface area contributed by atoms with Crippen LogP contribution in [-0.4, -0.2) is 14.6 Å². The molecular formula is C7H7N3S. The third-order valence-corrected chi connectivity index (χ3v) is 2.60. The van der Waals surface area contributed by atoms with Crippen molar-refractivity contribution in [1.82, 2.24) is 14.6 Å². The van der Waals surface area contributed by atoms with Crippen molar-refractivity contribution in [2.24, 2.45) is 0 Å². The summed E-state index contributed by atoms with van der Waals surface area (Å²) < 4.78 is 4.23. The first-order chi connectivity index (χ1) is 5.42. The van der Waals surface area contributed by atoms with Crippen LogP contribution in [0, 0.1) is 0 Å². The van der Waals surface area contributed by atoms with E-state index in [1.807, 2.05) is 0 Å². The molecule has 56 valence electrons. The van der Waals surface area contributed by atoms with E-state index >= 15 is 0 Å². The maximum absolute atomic E-state index is 4.23. The van der Waals surface area contributed by atoms with Crippen LogP contribution in [0.4, 0.5) is 0 Å². The molecule has 0 unspecified atom stereocenters. The number of fused-ring (bicyclic) bond motifs is 1. The summed E-state index contributed by atoms with van der Waals surface area (Å²) in [6.07, 6.45) is 4.50. The summed E-state index contributed by atoms with van der Waals surface area (Å²) in [4.78, 5) is 1.29. The fourth-order valence-corrected chi connectivity index (χ4v) is 1.75. The SMILES string of the molecule is CCc1snc2cnncc12. The molecule has 2 rings (SSSR count). The summed E-state index contributed by atoms with van der Waals surface area (Å²) >= 11 is 1.53. The Labute approximate surface area is 68.3 Å². The van der Waals surface area contributed by atoms with Crippen molar-refractivity contribution >= 4 is 22.4 Å². The zero-order chi connectivity index (χ0) is 7.68. The number of nitrogens with zero attached hydrogens (tertiary/aromatic N) is 3. The highest BCUT2D eigenvalue weighted by atomic mass is 32.1. The lowest BCUT2D eigenvalue weighted by Gasteiger charge is -1.87. The Bertz CT molecular complexity index is 368. The highest BCUT2D eigenvalue weighted by Crippen LogP contribution is 2.20. The van der Waals surface area contributed by atoms with Gasteiger partial charge in [-0.3, -0.25) is 0 Å². The third kappa shape index (κ3) is 0.991. The number of hydrogen-bond acceptors (Lipinski definition) is 4. The molecule has 0 atom stereocenters. The minimum Gasteiger partial charge on any atom is -0.191 e. The molecule has 0 saturated heterocycles. The summed E-state index contributed by atoms with van der Waals surface area (Å²) in [6.45, 7) is 2.12. The van der Waals surface area contributed by atoms with Crippen molar-refractivity contribution in [1.29, 1.82) is 0 Å². The van der Waals surface area contributed by atoms with E-state index in [-0.39, 0.29) is 0 Å². The number of rotatable bonds is 1. The average Bonchev–Trinajstić information content (AvgIpc) is 2.47. The Balaban J connectivity index is 2.76. The molecular weight excluding hydrogens is 158 g/mol. The molecule has 0 N–H and O–H groups in total. The fraction of sp³-hybridized carbons (Fsp3) is 0.286. The van der Waals surface area contributed by atoms with Gasteiger partial charge in [-0.15, -0.1) is 0 Å². The van der Waals surface area contributed by atoms with E-state index < -0.39 is 0 Å². The van der Waals surface area contributed by atoms with Crippen LogP contribution in [0.25, 0.3) is 10.9 Å². The van der Waals surface area contributed by atoms with Crippen LogP contribution in [0.2, 0.25) is 0 Å². The Hall–Kier alpha value is -1.03. The summed E-state index contributed by atoms with van der Waals surface area (Å²) in [5, 5.41) is 8.71. The number of hydrogen-bond donors (Lipinski definition) is 0. The summed E-state index contributed by atoms with van der Waals surface area (Å²) in [7, 11) is 0. The van der Waals surface area contributed by atoms with Gasteiger partial charge in [0.25, 0.3) is 0 Å². The molecule has 0 fully saturated rings. The predicted octanol–water partition coefficient (Wildman–Crippen LogP) is 1.65. The van der Waals surface area contributed by atoms with Crippen molar-refractivity contribution in [3.63, 3.8) is 0 Å². The molecule has 2 aromatic heterocycles. The van der Waals surface area contributed by atoms with Crippen LogP contribution in [0.5, 0.6) is 0 Å². The molecule has 0 aliphatic carbocycles. The van der Waals surface area contributed by atoms with Crippen molar-refractivity contribution < 1.29 is 0 Å². The highest BCUT2D eigenvalue weighted by molar-refractivity contribution is 7.07. The maximum Gasteiger partial charge on any atom is 0.106 e. The normalized spacial score (nSPS) is 10.6. The van der Waals surface area contributed by atoms with E-state index in [1.54, 1.807) is 12.4 Å². The Morgan fingerprint density at radius 2 is 2.18 bits per heavy atom. The topological polar surface area (TPSA) is 38.7 Å². The maximum atomic E-state index is 4.23. The van der Waals surface area contributed by atoms with Gasteiger partial charge in [0.2, 0.25) is 0 Å². The van der Waals surface area contributed by atoms with E-state index in [9.17, 15) is 0 Å². The summed E-state index contributed by atoms with van der Waals surface area (Å²) in [5.41, 5.74) is 0.960. The molecule has 2 heterocycles. The Kier molecular flexibility index (Phi) is 1.54. The standard InChI is InChI=1S/C7H7N3S/c1-2-7-5-3-8-9-4-6(5)10-11-7/h3-4H,2H2,1H3. The van der Waals surface area contributed by atoms with Gasteiger partial charge in [0, 0.05) is 10.3 Å². The second kappa shape index (κ2) is 2.54. The van der Waals surface area contributed by atoms with E-state index in [2.05, 4.69) is 21.5 Å². The van der Waals surface area contributed by atoms with Crippen molar-refractivity contribution in [3.05, 3.63) is 17.3 Å². The molecule has 0 bridgehead atoms. The average molecular weight is 165 g/mol. The highest BCUT2D eigenvalue weighted by Gasteiger charge is 2.02. The van der Waals surface area contributed by atoms with Gasteiger partial charge >= 0.3 is 0 Å². The van der Waals surface area contributed by atoms with Crippen LogP contribution in [0.15, 0.2) is 12.4 Å². The van der Waals surface area contributed by atoms with Gasteiger partial charge in [-0.1, -0.05) is 6.92 Å². The molecule has 0 aromatic carbocycles. The molecule has 2 aromatic rings. The van der Waals surface area contributed by atoms with Crippen LogP contribution in [0.1, 0.15) is 11.8 Å². The second-order valence-electron chi connectivity index (χ2n) is 2.25. The first-order valence-corrected chi connectivity index (χ1v) is 4.24. The molecule has 0 saturated carbocycles. The first-order valence-electron chi connectivity index (χ1n) is 3.46. The largest absolute Gasteiger partial charge is 0.191 e. The van der Waals surface area contributed by atoms with Gasteiger partial charge in [0.05, 0.1) is 12.4 Å². The zero-order valence-corrected chi connectivity index (χ0v) is 6.93. The fourth-order valence-electron chi connectivity index (χ4n) is 1.01. The quantitative estimate of drug-likeness (QED) is 0.645. The smallest absolute Gasteiger partial charge is 0.106 e. The minimum absolute atomic E-state index is 0.960. The van der Waals surface area contributed by atoms with Crippen molar-refractivity contribution in [3.8, 4) is 0 Å². The van der Waals surface area contributed by atoms with Gasteiger partial charge in [-0.05, 0) is 18.0 Å². The second-order valence-corrected chi connectivity index (χ2v) is 3.11. The van der Waals surface area contributed by atoms with E-state index in [0.717, 1.165) is 17.3 Å². The van der Waals surface area contributed by atoms with Gasteiger partial charge in [0.1, 0.15) is 5.52 Å². The van der Waals surface area contributed by atoms with Crippen LogP contribution in [-0.2, 0) is 6.42 Å². The van der Waals surface area contributed by atoms with Crippen LogP contribution in [0.3, 0.4) is 0 Å². The van der Waals surface area contributed by atoms with Crippen LogP contribution >= 0.6 is 11.5 Å². The first kappa shape index (κ1) is 6.67. The monoisotopic (exact) mass is 165 g/mol.